The SMILES string of the molecule is CC.CN(CC1CCN(C(=O)OC(C)(C)C)CC1)C1CCc2ccc(N)cc2C1. The molecule has 1 aliphatic heterocycles. The van der Waals surface area contributed by atoms with Gasteiger partial charge in [0.1, 0.15) is 5.60 Å². The molecule has 1 aromatic carbocycles. The van der Waals surface area contributed by atoms with Crippen LogP contribution in [-0.4, -0.2) is 54.2 Å². The first kappa shape index (κ1) is 23.5. The molecule has 5 heteroatoms. The van der Waals surface area contributed by atoms with Crippen LogP contribution >= 0.6 is 0 Å². The molecule has 0 radical (unpaired) electrons. The van der Waals surface area contributed by atoms with Crippen molar-refractivity contribution in [2.24, 2.45) is 5.92 Å². The van der Waals surface area contributed by atoms with Crippen LogP contribution in [0.4, 0.5) is 10.5 Å². The van der Waals surface area contributed by atoms with E-state index < -0.39 is 5.60 Å². The van der Waals surface area contributed by atoms with Crippen LogP contribution in [0.25, 0.3) is 0 Å². The molecule has 0 aromatic heterocycles. The number of amides is 1. The second kappa shape index (κ2) is 10.3. The minimum atomic E-state index is -0.422. The maximum atomic E-state index is 12.2. The number of likely N-dealkylation sites (tertiary alicyclic amines) is 1. The Balaban J connectivity index is 0.00000145. The molecule has 0 bridgehead atoms. The molecule has 164 valence electrons. The lowest BCUT2D eigenvalue weighted by Gasteiger charge is -2.38. The van der Waals surface area contributed by atoms with Crippen molar-refractivity contribution in [2.75, 3.05) is 32.4 Å². The fourth-order valence-corrected chi connectivity index (χ4v) is 4.31. The second-order valence-corrected chi connectivity index (χ2v) is 9.28. The van der Waals surface area contributed by atoms with E-state index in [1.54, 1.807) is 0 Å². The largest absolute Gasteiger partial charge is 0.444 e. The van der Waals surface area contributed by atoms with E-state index in [0.29, 0.717) is 12.0 Å². The minimum absolute atomic E-state index is 0.171. The van der Waals surface area contributed by atoms with Gasteiger partial charge in [-0.2, -0.15) is 0 Å². The molecule has 1 atom stereocenters. The average Bonchev–Trinajstić information content (AvgIpc) is 2.68. The van der Waals surface area contributed by atoms with Gasteiger partial charge in [0.2, 0.25) is 0 Å². The van der Waals surface area contributed by atoms with Crippen molar-refractivity contribution in [3.8, 4) is 0 Å². The third-order valence-electron chi connectivity index (χ3n) is 5.87. The van der Waals surface area contributed by atoms with E-state index in [0.717, 1.165) is 51.0 Å². The van der Waals surface area contributed by atoms with Crippen molar-refractivity contribution in [2.45, 2.75) is 78.4 Å². The van der Waals surface area contributed by atoms with E-state index in [1.165, 1.54) is 17.5 Å². The van der Waals surface area contributed by atoms with Gasteiger partial charge < -0.3 is 20.3 Å². The summed E-state index contributed by atoms with van der Waals surface area (Å²) < 4.78 is 5.50. The van der Waals surface area contributed by atoms with E-state index in [4.69, 9.17) is 10.5 Å². The minimum Gasteiger partial charge on any atom is -0.444 e. The number of likely N-dealkylation sites (N-methyl/N-ethyl adjacent to an activating group) is 1. The molecule has 1 fully saturated rings. The zero-order chi connectivity index (χ0) is 21.6. The van der Waals surface area contributed by atoms with Crippen LogP contribution in [0.5, 0.6) is 0 Å². The van der Waals surface area contributed by atoms with Gasteiger partial charge in [-0.15, -0.1) is 0 Å². The predicted octanol–water partition coefficient (Wildman–Crippen LogP) is 4.73. The summed E-state index contributed by atoms with van der Waals surface area (Å²) in [4.78, 5) is 16.6. The highest BCUT2D eigenvalue weighted by molar-refractivity contribution is 5.68. The van der Waals surface area contributed by atoms with Crippen molar-refractivity contribution in [3.05, 3.63) is 29.3 Å². The molecule has 29 heavy (non-hydrogen) atoms. The van der Waals surface area contributed by atoms with Gasteiger partial charge in [-0.3, -0.25) is 0 Å². The summed E-state index contributed by atoms with van der Waals surface area (Å²) in [5.41, 5.74) is 9.29. The number of nitrogen functional groups attached to an aromatic ring is 1. The van der Waals surface area contributed by atoms with Crippen LogP contribution in [0.15, 0.2) is 18.2 Å². The molecule has 0 saturated carbocycles. The molecule has 2 aliphatic rings. The van der Waals surface area contributed by atoms with Crippen LogP contribution < -0.4 is 5.73 Å². The van der Waals surface area contributed by atoms with Gasteiger partial charge in [-0.05, 0) is 89.1 Å². The molecule has 1 aromatic rings. The molecular formula is C24H41N3O2. The highest BCUT2D eigenvalue weighted by Gasteiger charge is 2.29. The Bertz CT molecular complexity index is 661. The summed E-state index contributed by atoms with van der Waals surface area (Å²) in [6, 6.07) is 6.94. The van der Waals surface area contributed by atoms with E-state index in [2.05, 4.69) is 24.1 Å². The number of carbonyl (C=O) groups is 1. The van der Waals surface area contributed by atoms with Crippen molar-refractivity contribution >= 4 is 11.8 Å². The lowest BCUT2D eigenvalue weighted by Crippen LogP contribution is -2.45. The fourth-order valence-electron chi connectivity index (χ4n) is 4.31. The second-order valence-electron chi connectivity index (χ2n) is 9.28. The molecule has 1 aliphatic carbocycles. The first-order chi connectivity index (χ1) is 13.7. The van der Waals surface area contributed by atoms with Crippen molar-refractivity contribution < 1.29 is 9.53 Å². The average molecular weight is 404 g/mol. The van der Waals surface area contributed by atoms with Crippen LogP contribution in [0.3, 0.4) is 0 Å². The van der Waals surface area contributed by atoms with Crippen molar-refractivity contribution in [1.29, 1.82) is 0 Å². The highest BCUT2D eigenvalue weighted by Crippen LogP contribution is 2.27. The number of rotatable bonds is 3. The summed E-state index contributed by atoms with van der Waals surface area (Å²) >= 11 is 0. The molecule has 1 heterocycles. The Hall–Kier alpha value is -1.75. The van der Waals surface area contributed by atoms with Gasteiger partial charge in [0.15, 0.2) is 0 Å². The monoisotopic (exact) mass is 403 g/mol. The summed E-state index contributed by atoms with van der Waals surface area (Å²) in [6.07, 6.45) is 5.38. The first-order valence-corrected chi connectivity index (χ1v) is 11.3. The summed E-state index contributed by atoms with van der Waals surface area (Å²) in [7, 11) is 2.25. The number of ether oxygens (including phenoxy) is 1. The van der Waals surface area contributed by atoms with E-state index in [1.807, 2.05) is 45.6 Å². The van der Waals surface area contributed by atoms with Crippen LogP contribution in [-0.2, 0) is 17.6 Å². The molecule has 0 spiro atoms. The predicted molar refractivity (Wildman–Crippen MR) is 121 cm³/mol. The van der Waals surface area contributed by atoms with Crippen molar-refractivity contribution in [3.63, 3.8) is 0 Å². The topological polar surface area (TPSA) is 58.8 Å². The van der Waals surface area contributed by atoms with Gasteiger partial charge in [-0.25, -0.2) is 4.79 Å². The Kier molecular flexibility index (Phi) is 8.38. The molecule has 2 N–H and O–H groups in total. The third-order valence-corrected chi connectivity index (χ3v) is 5.87. The standard InChI is InChI=1S/C22H35N3O2.C2H6/c1-22(2,3)27-21(26)25-11-9-16(10-12-25)15-24(4)20-8-6-17-5-7-19(23)13-18(17)14-20;1-2/h5,7,13,16,20H,6,8-12,14-15,23H2,1-4H3;1-2H3. The molecule has 1 amide bonds. The molecule has 3 rings (SSSR count). The number of aryl methyl sites for hydroxylation is 1. The maximum absolute atomic E-state index is 12.2. The highest BCUT2D eigenvalue weighted by atomic mass is 16.6. The first-order valence-electron chi connectivity index (χ1n) is 11.3. The van der Waals surface area contributed by atoms with Crippen LogP contribution in [0.2, 0.25) is 0 Å². The number of nitrogens with zero attached hydrogens (tertiary/aromatic N) is 2. The summed E-state index contributed by atoms with van der Waals surface area (Å²) in [6.45, 7) is 12.5. The number of piperidine rings is 1. The zero-order valence-corrected chi connectivity index (χ0v) is 19.3. The molecule has 1 unspecified atom stereocenters. The number of carbonyl (C=O) groups excluding carboxylic acids is 1. The molecule has 1 saturated heterocycles. The number of hydrogen-bond donors (Lipinski definition) is 1. The maximum Gasteiger partial charge on any atom is 0.410 e. The van der Waals surface area contributed by atoms with Crippen LogP contribution in [0.1, 0.15) is 65.0 Å². The Morgan fingerprint density at radius 1 is 1.17 bits per heavy atom. The van der Waals surface area contributed by atoms with E-state index >= 15 is 0 Å². The Morgan fingerprint density at radius 2 is 1.83 bits per heavy atom. The third kappa shape index (κ3) is 6.91. The normalized spacial score (nSPS) is 20.0. The Labute approximate surface area is 177 Å². The fraction of sp³-hybridized carbons (Fsp3) is 0.708. The number of nitrogens with two attached hydrogens (primary N) is 1. The van der Waals surface area contributed by atoms with Gasteiger partial charge in [-0.1, -0.05) is 19.9 Å². The number of benzene rings is 1. The Morgan fingerprint density at radius 3 is 2.45 bits per heavy atom. The van der Waals surface area contributed by atoms with Gasteiger partial charge in [0, 0.05) is 31.4 Å². The molecule has 5 nitrogen and oxygen atoms in total. The zero-order valence-electron chi connectivity index (χ0n) is 19.3. The molecular weight excluding hydrogens is 362 g/mol. The number of hydrogen-bond acceptors (Lipinski definition) is 4. The quantitative estimate of drug-likeness (QED) is 0.741. The van der Waals surface area contributed by atoms with E-state index in [-0.39, 0.29) is 6.09 Å². The lowest BCUT2D eigenvalue weighted by atomic mass is 9.86. The van der Waals surface area contributed by atoms with Crippen molar-refractivity contribution in [1.82, 2.24) is 9.80 Å². The van der Waals surface area contributed by atoms with Crippen LogP contribution in [0, 0.1) is 5.92 Å². The number of fused-ring (bicyclic) bond motifs is 1. The van der Waals surface area contributed by atoms with Gasteiger partial charge in [0.05, 0.1) is 0 Å². The van der Waals surface area contributed by atoms with Gasteiger partial charge >= 0.3 is 6.09 Å². The number of anilines is 1. The summed E-state index contributed by atoms with van der Waals surface area (Å²) in [5.74, 6) is 0.649. The van der Waals surface area contributed by atoms with E-state index in [9.17, 15) is 4.79 Å². The summed E-state index contributed by atoms with van der Waals surface area (Å²) in [5, 5.41) is 0. The van der Waals surface area contributed by atoms with Gasteiger partial charge in [0.25, 0.3) is 0 Å². The lowest BCUT2D eigenvalue weighted by molar-refractivity contribution is 0.0166. The smallest absolute Gasteiger partial charge is 0.410 e.